The second kappa shape index (κ2) is 8.96. The lowest BCUT2D eigenvalue weighted by Gasteiger charge is -2.09. The summed E-state index contributed by atoms with van der Waals surface area (Å²) in [7, 11) is 0. The van der Waals surface area contributed by atoms with Crippen LogP contribution in [0.2, 0.25) is 0 Å². The Bertz CT molecular complexity index is 28.7. The third-order valence-electron chi connectivity index (χ3n) is 1.71. The van der Waals surface area contributed by atoms with Crippen molar-refractivity contribution in [2.75, 3.05) is 13.1 Å². The van der Waals surface area contributed by atoms with E-state index in [1.165, 1.54) is 45.2 Å². The van der Waals surface area contributed by atoms with Crippen molar-refractivity contribution in [1.29, 1.82) is 0 Å². The highest BCUT2D eigenvalue weighted by Gasteiger charge is 1.95. The molecule has 64 valence electrons. The van der Waals surface area contributed by atoms with Crippen LogP contribution >= 0.6 is 0 Å². The average Bonchev–Trinajstić information content (AvgIpc) is 1.12. The predicted octanol–water partition coefficient (Wildman–Crippen LogP) is 2.81. The molecular formula is C9H23N. The van der Waals surface area contributed by atoms with Crippen molar-refractivity contribution in [3.8, 4) is 0 Å². The Hall–Kier alpha value is -0.0400. The zero-order valence-corrected chi connectivity index (χ0v) is 5.45. The molecule has 0 spiro atoms. The van der Waals surface area contributed by atoms with Gasteiger partial charge in [-0.1, -0.05) is 40.5 Å². The SMILES string of the molecule is C.C.C1CCC1.C1CNC1. The first-order valence-corrected chi connectivity index (χ1v) is 3.71. The van der Waals surface area contributed by atoms with Crippen LogP contribution in [0.4, 0.5) is 0 Å². The Morgan fingerprint density at radius 3 is 0.800 bits per heavy atom. The molecule has 0 radical (unpaired) electrons. The highest BCUT2D eigenvalue weighted by Crippen LogP contribution is 2.15. The number of rotatable bonds is 0. The monoisotopic (exact) mass is 145 g/mol. The van der Waals surface area contributed by atoms with Crippen molar-refractivity contribution in [2.24, 2.45) is 0 Å². The highest BCUT2D eigenvalue weighted by atomic mass is 14.9. The van der Waals surface area contributed by atoms with Gasteiger partial charge in [0.05, 0.1) is 0 Å². The summed E-state index contributed by atoms with van der Waals surface area (Å²) in [5.74, 6) is 0. The summed E-state index contributed by atoms with van der Waals surface area (Å²) < 4.78 is 0. The summed E-state index contributed by atoms with van der Waals surface area (Å²) in [5, 5.41) is 3.11. The molecule has 1 nitrogen and oxygen atoms in total. The van der Waals surface area contributed by atoms with Crippen molar-refractivity contribution in [3.63, 3.8) is 0 Å². The summed E-state index contributed by atoms with van der Waals surface area (Å²) in [6, 6.07) is 0. The molecule has 0 unspecified atom stereocenters. The Morgan fingerprint density at radius 2 is 0.800 bits per heavy atom. The average molecular weight is 145 g/mol. The fraction of sp³-hybridized carbons (Fsp3) is 1.00. The molecule has 2 fully saturated rings. The normalized spacial score (nSPS) is 19.2. The molecule has 1 aliphatic carbocycles. The summed E-state index contributed by atoms with van der Waals surface area (Å²) in [4.78, 5) is 0. The lowest BCUT2D eigenvalue weighted by Crippen LogP contribution is -2.29. The molecule has 1 saturated heterocycles. The van der Waals surface area contributed by atoms with Crippen molar-refractivity contribution < 1.29 is 0 Å². The van der Waals surface area contributed by atoms with Crippen molar-refractivity contribution >= 4 is 0 Å². The summed E-state index contributed by atoms with van der Waals surface area (Å²) in [5.41, 5.74) is 0. The standard InChI is InChI=1S/C4H8.C3H7N.2CH4/c2*1-2-4-3-1;;/h1-4H2;4H,1-3H2;2*1H4. The smallest absolute Gasteiger partial charge is 0.00368 e. The molecule has 1 heterocycles. The van der Waals surface area contributed by atoms with E-state index in [-0.39, 0.29) is 14.9 Å². The third-order valence-corrected chi connectivity index (χ3v) is 1.71. The van der Waals surface area contributed by atoms with Gasteiger partial charge in [0.2, 0.25) is 0 Å². The van der Waals surface area contributed by atoms with Crippen LogP contribution in [0, 0.1) is 0 Å². The first-order chi connectivity index (χ1) is 4.00. The molecule has 0 aromatic carbocycles. The van der Waals surface area contributed by atoms with E-state index in [0.29, 0.717) is 0 Å². The predicted molar refractivity (Wildman–Crippen MR) is 49.4 cm³/mol. The molecule has 1 heteroatoms. The first-order valence-electron chi connectivity index (χ1n) is 3.71. The minimum absolute atomic E-state index is 0. The van der Waals surface area contributed by atoms with Crippen LogP contribution in [0.15, 0.2) is 0 Å². The zero-order valence-electron chi connectivity index (χ0n) is 5.45. The van der Waals surface area contributed by atoms with Gasteiger partial charge in [0.1, 0.15) is 0 Å². The van der Waals surface area contributed by atoms with Crippen LogP contribution in [-0.2, 0) is 0 Å². The Morgan fingerprint density at radius 1 is 0.600 bits per heavy atom. The quantitative estimate of drug-likeness (QED) is 0.552. The molecule has 2 rings (SSSR count). The molecule has 0 bridgehead atoms. The fourth-order valence-corrected chi connectivity index (χ4v) is 0.427. The largest absolute Gasteiger partial charge is 0.317 e. The fourth-order valence-electron chi connectivity index (χ4n) is 0.427. The van der Waals surface area contributed by atoms with E-state index >= 15 is 0 Å². The van der Waals surface area contributed by atoms with Gasteiger partial charge in [0.15, 0.2) is 0 Å². The second-order valence-electron chi connectivity index (χ2n) is 2.52. The molecule has 0 aromatic heterocycles. The van der Waals surface area contributed by atoms with Crippen LogP contribution in [0.1, 0.15) is 47.0 Å². The Kier molecular flexibility index (Phi) is 11.3. The van der Waals surface area contributed by atoms with Gasteiger partial charge in [-0.25, -0.2) is 0 Å². The molecule has 0 atom stereocenters. The lowest BCUT2D eigenvalue weighted by atomic mass is 10.0. The van der Waals surface area contributed by atoms with Crippen LogP contribution in [-0.4, -0.2) is 13.1 Å². The molecule has 0 aromatic rings. The maximum atomic E-state index is 3.11. The third kappa shape index (κ3) is 6.09. The highest BCUT2D eigenvalue weighted by molar-refractivity contribution is 4.56. The van der Waals surface area contributed by atoms with Gasteiger partial charge in [0.25, 0.3) is 0 Å². The van der Waals surface area contributed by atoms with Gasteiger partial charge in [-0.15, -0.1) is 0 Å². The van der Waals surface area contributed by atoms with Crippen LogP contribution in [0.3, 0.4) is 0 Å². The van der Waals surface area contributed by atoms with E-state index in [1.807, 2.05) is 0 Å². The van der Waals surface area contributed by atoms with E-state index in [2.05, 4.69) is 5.32 Å². The van der Waals surface area contributed by atoms with E-state index in [4.69, 9.17) is 0 Å². The Balaban J connectivity index is 0. The van der Waals surface area contributed by atoms with Crippen molar-refractivity contribution in [3.05, 3.63) is 0 Å². The van der Waals surface area contributed by atoms with Crippen LogP contribution in [0.5, 0.6) is 0 Å². The van der Waals surface area contributed by atoms with E-state index in [1.54, 1.807) is 0 Å². The maximum absolute atomic E-state index is 3.11. The van der Waals surface area contributed by atoms with Gasteiger partial charge in [-0.05, 0) is 19.5 Å². The van der Waals surface area contributed by atoms with E-state index in [0.717, 1.165) is 0 Å². The Labute approximate surface area is 66.2 Å². The maximum Gasteiger partial charge on any atom is -0.00368 e. The number of nitrogens with one attached hydrogen (secondary N) is 1. The lowest BCUT2D eigenvalue weighted by molar-refractivity contribution is 0.504. The molecule has 10 heavy (non-hydrogen) atoms. The van der Waals surface area contributed by atoms with Crippen LogP contribution in [0.25, 0.3) is 0 Å². The zero-order chi connectivity index (χ0) is 5.66. The summed E-state index contributed by atoms with van der Waals surface area (Å²) in [6.45, 7) is 2.50. The van der Waals surface area contributed by atoms with Gasteiger partial charge < -0.3 is 5.32 Å². The summed E-state index contributed by atoms with van der Waals surface area (Å²) >= 11 is 0. The van der Waals surface area contributed by atoms with Gasteiger partial charge in [0, 0.05) is 0 Å². The molecular weight excluding hydrogens is 122 g/mol. The molecule has 1 aliphatic heterocycles. The minimum atomic E-state index is 0. The first kappa shape index (κ1) is 12.6. The summed E-state index contributed by atoms with van der Waals surface area (Å²) in [6.07, 6.45) is 7.39. The molecule has 1 N–H and O–H groups in total. The van der Waals surface area contributed by atoms with Crippen molar-refractivity contribution in [1.82, 2.24) is 5.32 Å². The minimum Gasteiger partial charge on any atom is -0.317 e. The van der Waals surface area contributed by atoms with Crippen molar-refractivity contribution in [2.45, 2.75) is 47.0 Å². The molecule has 2 aliphatic rings. The van der Waals surface area contributed by atoms with Crippen LogP contribution < -0.4 is 5.32 Å². The number of hydrogen-bond donors (Lipinski definition) is 1. The van der Waals surface area contributed by atoms with E-state index in [9.17, 15) is 0 Å². The number of hydrogen-bond acceptors (Lipinski definition) is 1. The van der Waals surface area contributed by atoms with E-state index < -0.39 is 0 Å². The second-order valence-corrected chi connectivity index (χ2v) is 2.52. The van der Waals surface area contributed by atoms with Gasteiger partial charge in [-0.3, -0.25) is 0 Å². The van der Waals surface area contributed by atoms with Gasteiger partial charge in [-0.2, -0.15) is 0 Å². The van der Waals surface area contributed by atoms with Gasteiger partial charge >= 0.3 is 0 Å². The molecule has 1 saturated carbocycles. The molecule has 0 amide bonds. The topological polar surface area (TPSA) is 12.0 Å².